The Kier molecular flexibility index (Phi) is 6.83. The van der Waals surface area contributed by atoms with Crippen molar-refractivity contribution in [1.29, 1.82) is 0 Å². The van der Waals surface area contributed by atoms with Gasteiger partial charge >= 0.3 is 6.03 Å². The smallest absolute Gasteiger partial charge is 0.301 e. The van der Waals surface area contributed by atoms with Crippen molar-refractivity contribution in [2.45, 2.75) is 6.92 Å². The van der Waals surface area contributed by atoms with Gasteiger partial charge < -0.3 is 4.79 Å². The molecule has 112 valence electrons. The molecule has 0 aliphatic rings. The van der Waals surface area contributed by atoms with Crippen molar-refractivity contribution in [2.24, 2.45) is 0 Å². The number of amides is 3. The zero-order valence-electron chi connectivity index (χ0n) is 12.1. The highest BCUT2D eigenvalue weighted by Crippen LogP contribution is 2.04. The van der Waals surface area contributed by atoms with Crippen LogP contribution in [0.15, 0.2) is 36.4 Å². The highest BCUT2D eigenvalue weighted by Gasteiger charge is 2.24. The second-order valence-corrected chi connectivity index (χ2v) is 4.02. The normalized spacial score (nSPS) is 10.4. The molecule has 0 fully saturated rings. The summed E-state index contributed by atoms with van der Waals surface area (Å²) in [6.07, 6.45) is 3.33. The Morgan fingerprint density at radius 2 is 1.90 bits per heavy atom. The number of hydrogen-bond donors (Lipinski definition) is 0. The molecular formula is C15H18N2O4. The van der Waals surface area contributed by atoms with Crippen LogP contribution in [0.3, 0.4) is 0 Å². The molecule has 0 N–H and O–H groups in total. The lowest BCUT2D eigenvalue weighted by molar-refractivity contribution is -0.132. The van der Waals surface area contributed by atoms with E-state index in [1.165, 1.54) is 13.2 Å². The lowest BCUT2D eigenvalue weighted by Gasteiger charge is -2.24. The third kappa shape index (κ3) is 4.85. The molecule has 1 rings (SSSR count). The van der Waals surface area contributed by atoms with Gasteiger partial charge in [-0.15, -0.1) is 0 Å². The number of nitrogens with zero attached hydrogens (tertiary/aromatic N) is 2. The maximum Gasteiger partial charge on any atom is 0.351 e. The number of carbonyl (C=O) groups excluding carboxylic acids is 3. The molecule has 0 unspecified atom stereocenters. The molecule has 0 saturated heterocycles. The Bertz CT molecular complexity index is 510. The number of hydroxylamine groups is 2. The van der Waals surface area contributed by atoms with Gasteiger partial charge in [-0.3, -0.25) is 14.5 Å². The van der Waals surface area contributed by atoms with E-state index in [1.807, 2.05) is 30.3 Å². The first kappa shape index (κ1) is 16.6. The number of carbonyl (C=O) groups is 3. The third-order valence-corrected chi connectivity index (χ3v) is 2.69. The molecule has 1 aromatic rings. The topological polar surface area (TPSA) is 66.9 Å². The first-order valence-corrected chi connectivity index (χ1v) is 6.47. The summed E-state index contributed by atoms with van der Waals surface area (Å²) in [5.41, 5.74) is 0.823. The fourth-order valence-electron chi connectivity index (χ4n) is 1.64. The van der Waals surface area contributed by atoms with Crippen LogP contribution in [0, 0.1) is 0 Å². The van der Waals surface area contributed by atoms with E-state index < -0.39 is 11.9 Å². The van der Waals surface area contributed by atoms with Gasteiger partial charge in [0.2, 0.25) is 0 Å². The Hall–Kier alpha value is -2.47. The molecule has 0 radical (unpaired) electrons. The molecule has 6 nitrogen and oxygen atoms in total. The molecule has 0 atom stereocenters. The van der Waals surface area contributed by atoms with Crippen LogP contribution in [0.2, 0.25) is 0 Å². The van der Waals surface area contributed by atoms with Gasteiger partial charge in [-0.2, -0.15) is 0 Å². The Labute approximate surface area is 123 Å². The minimum atomic E-state index is -0.671. The fourth-order valence-corrected chi connectivity index (χ4v) is 1.64. The lowest BCUT2D eigenvalue weighted by atomic mass is 10.2. The number of benzene rings is 1. The molecule has 21 heavy (non-hydrogen) atoms. The zero-order valence-corrected chi connectivity index (χ0v) is 12.1. The maximum absolute atomic E-state index is 12.1. The number of urea groups is 1. The van der Waals surface area contributed by atoms with E-state index in [1.54, 1.807) is 13.0 Å². The summed E-state index contributed by atoms with van der Waals surface area (Å²) >= 11 is 0. The van der Waals surface area contributed by atoms with E-state index in [0.717, 1.165) is 15.5 Å². The van der Waals surface area contributed by atoms with Crippen LogP contribution < -0.4 is 0 Å². The largest absolute Gasteiger partial charge is 0.351 e. The van der Waals surface area contributed by atoms with E-state index in [9.17, 15) is 14.4 Å². The minimum absolute atomic E-state index is 0.264. The number of hydrogen-bond acceptors (Lipinski definition) is 4. The third-order valence-electron chi connectivity index (χ3n) is 2.69. The summed E-state index contributed by atoms with van der Waals surface area (Å²) in [4.78, 5) is 40.5. The molecule has 6 heteroatoms. The van der Waals surface area contributed by atoms with Gasteiger partial charge in [0.15, 0.2) is 0 Å². The second-order valence-electron chi connectivity index (χ2n) is 4.02. The van der Waals surface area contributed by atoms with Gasteiger partial charge in [0, 0.05) is 12.6 Å². The van der Waals surface area contributed by atoms with Gasteiger partial charge in [0.05, 0.1) is 13.7 Å². The molecule has 1 aromatic carbocycles. The van der Waals surface area contributed by atoms with Gasteiger partial charge in [-0.05, 0) is 18.6 Å². The highest BCUT2D eigenvalue weighted by molar-refractivity contribution is 6.03. The van der Waals surface area contributed by atoms with Crippen LogP contribution in [-0.4, -0.2) is 48.4 Å². The number of aldehydes is 1. The van der Waals surface area contributed by atoms with Crippen LogP contribution in [-0.2, 0) is 14.4 Å². The van der Waals surface area contributed by atoms with Crippen LogP contribution in [0.5, 0.6) is 0 Å². The summed E-state index contributed by atoms with van der Waals surface area (Å²) in [6.45, 7) is 1.64. The molecule has 0 spiro atoms. The summed E-state index contributed by atoms with van der Waals surface area (Å²) in [6, 6.07) is 8.51. The van der Waals surface area contributed by atoms with E-state index in [4.69, 9.17) is 4.84 Å². The summed E-state index contributed by atoms with van der Waals surface area (Å²) in [5, 5.41) is 0.998. The first-order chi connectivity index (χ1) is 10.1. The summed E-state index contributed by atoms with van der Waals surface area (Å²) < 4.78 is 0. The zero-order chi connectivity index (χ0) is 15.7. The average Bonchev–Trinajstić information content (AvgIpc) is 2.52. The predicted octanol–water partition coefficient (Wildman–Crippen LogP) is 1.73. The van der Waals surface area contributed by atoms with Crippen molar-refractivity contribution in [1.82, 2.24) is 9.96 Å². The second kappa shape index (κ2) is 8.65. The van der Waals surface area contributed by atoms with Crippen molar-refractivity contribution in [3.63, 3.8) is 0 Å². The molecule has 3 amide bonds. The van der Waals surface area contributed by atoms with Gasteiger partial charge in [0.1, 0.15) is 6.29 Å². The van der Waals surface area contributed by atoms with Crippen molar-refractivity contribution in [3.8, 4) is 0 Å². The van der Waals surface area contributed by atoms with Crippen molar-refractivity contribution in [3.05, 3.63) is 42.0 Å². The molecular weight excluding hydrogens is 272 g/mol. The minimum Gasteiger partial charge on any atom is -0.301 e. The maximum atomic E-state index is 12.1. The van der Waals surface area contributed by atoms with E-state index in [0.29, 0.717) is 6.29 Å². The van der Waals surface area contributed by atoms with Crippen LogP contribution in [0.1, 0.15) is 12.5 Å². The molecule has 0 heterocycles. The Balaban J connectivity index is 2.85. The van der Waals surface area contributed by atoms with Gasteiger partial charge in [-0.1, -0.05) is 30.3 Å². The number of imide groups is 1. The molecule has 0 bridgehead atoms. The molecule has 0 aliphatic carbocycles. The summed E-state index contributed by atoms with van der Waals surface area (Å²) in [7, 11) is 1.32. The molecule has 0 aliphatic heterocycles. The fraction of sp³-hybridized carbons (Fsp3) is 0.267. The monoisotopic (exact) mass is 290 g/mol. The SMILES string of the molecule is CCN(OC)C(=O)N(CC=O)C(=O)C=Cc1ccccc1. The van der Waals surface area contributed by atoms with Crippen LogP contribution >= 0.6 is 0 Å². The Morgan fingerprint density at radius 1 is 1.24 bits per heavy atom. The lowest BCUT2D eigenvalue weighted by Crippen LogP contribution is -2.46. The quantitative estimate of drug-likeness (QED) is 0.454. The van der Waals surface area contributed by atoms with Crippen molar-refractivity contribution >= 4 is 24.3 Å². The van der Waals surface area contributed by atoms with Crippen molar-refractivity contribution < 1.29 is 19.2 Å². The van der Waals surface area contributed by atoms with E-state index in [2.05, 4.69) is 0 Å². The van der Waals surface area contributed by atoms with Gasteiger partial charge in [-0.25, -0.2) is 9.86 Å². The molecule has 0 aromatic heterocycles. The number of rotatable bonds is 6. The van der Waals surface area contributed by atoms with Crippen molar-refractivity contribution in [2.75, 3.05) is 20.2 Å². The van der Waals surface area contributed by atoms with E-state index in [-0.39, 0.29) is 13.1 Å². The Morgan fingerprint density at radius 3 is 2.43 bits per heavy atom. The first-order valence-electron chi connectivity index (χ1n) is 6.47. The van der Waals surface area contributed by atoms with E-state index >= 15 is 0 Å². The van der Waals surface area contributed by atoms with Crippen LogP contribution in [0.4, 0.5) is 4.79 Å². The van der Waals surface area contributed by atoms with Crippen LogP contribution in [0.25, 0.3) is 6.08 Å². The average molecular weight is 290 g/mol. The summed E-state index contributed by atoms with van der Waals surface area (Å²) in [5.74, 6) is -0.577. The highest BCUT2D eigenvalue weighted by atomic mass is 16.7. The standard InChI is InChI=1S/C15H18N2O4/c1-3-17(21-2)15(20)16(11-12-18)14(19)10-9-13-7-5-4-6-8-13/h4-10,12H,3,11H2,1-2H3. The van der Waals surface area contributed by atoms with Gasteiger partial charge in [0.25, 0.3) is 5.91 Å². The molecule has 0 saturated carbocycles. The predicted molar refractivity (Wildman–Crippen MR) is 78.0 cm³/mol.